The van der Waals surface area contributed by atoms with Gasteiger partial charge in [-0.1, -0.05) is 0 Å². The summed E-state index contributed by atoms with van der Waals surface area (Å²) in [5.74, 6) is 0.851. The smallest absolute Gasteiger partial charge is 0.410 e. The van der Waals surface area contributed by atoms with Crippen LogP contribution in [0.2, 0.25) is 0 Å². The molecular formula is C14H25N3O3. The van der Waals surface area contributed by atoms with Crippen LogP contribution in [-0.2, 0) is 9.47 Å². The van der Waals surface area contributed by atoms with Gasteiger partial charge in [0.2, 0.25) is 0 Å². The van der Waals surface area contributed by atoms with Crippen molar-refractivity contribution in [1.29, 1.82) is 0 Å². The molecule has 0 aromatic rings. The van der Waals surface area contributed by atoms with E-state index in [0.29, 0.717) is 19.6 Å². The zero-order valence-electron chi connectivity index (χ0n) is 12.8. The van der Waals surface area contributed by atoms with Crippen LogP contribution in [0.25, 0.3) is 0 Å². The van der Waals surface area contributed by atoms with Crippen molar-refractivity contribution in [3.05, 3.63) is 0 Å². The molecule has 6 heteroatoms. The summed E-state index contributed by atoms with van der Waals surface area (Å²) in [6, 6.07) is 0.285. The first kappa shape index (κ1) is 15.1. The summed E-state index contributed by atoms with van der Waals surface area (Å²) < 4.78 is 10.9. The fourth-order valence-electron chi connectivity index (χ4n) is 2.32. The average Bonchev–Trinajstić information content (AvgIpc) is 2.73. The molecule has 1 saturated heterocycles. The third-order valence-corrected chi connectivity index (χ3v) is 3.39. The molecule has 0 bridgehead atoms. The van der Waals surface area contributed by atoms with Crippen molar-refractivity contribution in [2.24, 2.45) is 4.99 Å². The summed E-state index contributed by atoms with van der Waals surface area (Å²) in [7, 11) is 0. The quantitative estimate of drug-likeness (QED) is 0.790. The van der Waals surface area contributed by atoms with Crippen LogP contribution in [0.4, 0.5) is 4.79 Å². The number of carbonyl (C=O) groups excluding carboxylic acids is 1. The highest BCUT2D eigenvalue weighted by molar-refractivity contribution is 5.88. The number of carbonyl (C=O) groups is 1. The van der Waals surface area contributed by atoms with Crippen molar-refractivity contribution in [3.8, 4) is 0 Å². The maximum Gasteiger partial charge on any atom is 0.410 e. The monoisotopic (exact) mass is 283 g/mol. The molecule has 2 rings (SSSR count). The molecule has 0 aliphatic carbocycles. The van der Waals surface area contributed by atoms with Crippen LogP contribution in [0.1, 0.15) is 34.1 Å². The van der Waals surface area contributed by atoms with E-state index >= 15 is 0 Å². The van der Waals surface area contributed by atoms with Gasteiger partial charge in [-0.3, -0.25) is 9.89 Å². The molecule has 0 spiro atoms. The topological polar surface area (TPSA) is 63.2 Å². The molecule has 2 aliphatic rings. The van der Waals surface area contributed by atoms with E-state index in [-0.39, 0.29) is 18.2 Å². The van der Waals surface area contributed by atoms with E-state index in [1.165, 1.54) is 0 Å². The number of nitrogens with zero attached hydrogens (tertiary/aromatic N) is 2. The van der Waals surface area contributed by atoms with Crippen LogP contribution in [0.15, 0.2) is 4.99 Å². The van der Waals surface area contributed by atoms with Gasteiger partial charge in [0.25, 0.3) is 0 Å². The predicted octanol–water partition coefficient (Wildman–Crippen LogP) is 1.40. The average molecular weight is 283 g/mol. The van der Waals surface area contributed by atoms with Crippen LogP contribution >= 0.6 is 0 Å². The fourth-order valence-corrected chi connectivity index (χ4v) is 2.32. The lowest BCUT2D eigenvalue weighted by molar-refractivity contribution is 0.0276. The lowest BCUT2D eigenvalue weighted by Gasteiger charge is -2.31. The van der Waals surface area contributed by atoms with Crippen LogP contribution in [0.3, 0.4) is 0 Å². The van der Waals surface area contributed by atoms with Crippen LogP contribution < -0.4 is 5.32 Å². The van der Waals surface area contributed by atoms with Crippen molar-refractivity contribution in [2.45, 2.75) is 51.9 Å². The summed E-state index contributed by atoms with van der Waals surface area (Å²) in [5.41, 5.74) is -0.465. The molecule has 2 heterocycles. The Balaban J connectivity index is 1.88. The fraction of sp³-hybridized carbons (Fsp3) is 0.857. The Bertz CT molecular complexity index is 390. The Morgan fingerprint density at radius 1 is 1.50 bits per heavy atom. The van der Waals surface area contributed by atoms with Crippen molar-refractivity contribution in [1.82, 2.24) is 10.2 Å². The summed E-state index contributed by atoms with van der Waals surface area (Å²) in [5, 5.41) is 3.39. The SMILES string of the molecule is CC1OCCC1NC1=NCCN(C(=O)OC(C)(C)C)C1. The van der Waals surface area contributed by atoms with Gasteiger partial charge in [0.15, 0.2) is 0 Å². The van der Waals surface area contributed by atoms with Crippen LogP contribution in [0, 0.1) is 0 Å². The first-order valence-electron chi connectivity index (χ1n) is 7.24. The summed E-state index contributed by atoms with van der Waals surface area (Å²) in [6.45, 7) is 10.2. The molecule has 2 unspecified atom stereocenters. The van der Waals surface area contributed by atoms with Gasteiger partial charge in [0, 0.05) is 13.2 Å². The second kappa shape index (κ2) is 5.99. The third kappa shape index (κ3) is 4.10. The minimum Gasteiger partial charge on any atom is -0.444 e. The van der Waals surface area contributed by atoms with Crippen molar-refractivity contribution in [3.63, 3.8) is 0 Å². The van der Waals surface area contributed by atoms with E-state index < -0.39 is 5.60 Å². The minimum absolute atomic E-state index is 0.189. The first-order chi connectivity index (χ1) is 9.35. The van der Waals surface area contributed by atoms with Crippen molar-refractivity contribution < 1.29 is 14.3 Å². The van der Waals surface area contributed by atoms with Gasteiger partial charge in [-0.15, -0.1) is 0 Å². The maximum atomic E-state index is 12.1. The van der Waals surface area contributed by atoms with Gasteiger partial charge in [0.1, 0.15) is 11.4 Å². The van der Waals surface area contributed by atoms with Crippen molar-refractivity contribution in [2.75, 3.05) is 26.2 Å². The molecule has 2 atom stereocenters. The number of amidine groups is 1. The summed E-state index contributed by atoms with van der Waals surface area (Å²) >= 11 is 0. The number of aliphatic imine (C=N–C) groups is 1. The number of hydrogen-bond acceptors (Lipinski definition) is 5. The zero-order chi connectivity index (χ0) is 14.8. The molecular weight excluding hydrogens is 258 g/mol. The van der Waals surface area contributed by atoms with Crippen LogP contribution in [0.5, 0.6) is 0 Å². The van der Waals surface area contributed by atoms with E-state index in [9.17, 15) is 4.79 Å². The Morgan fingerprint density at radius 2 is 2.25 bits per heavy atom. The normalized spacial score (nSPS) is 27.2. The molecule has 1 N–H and O–H groups in total. The Kier molecular flexibility index (Phi) is 4.52. The van der Waals surface area contributed by atoms with E-state index in [2.05, 4.69) is 17.2 Å². The predicted molar refractivity (Wildman–Crippen MR) is 77.1 cm³/mol. The number of hydrogen-bond donors (Lipinski definition) is 1. The Labute approximate surface area is 120 Å². The highest BCUT2D eigenvalue weighted by Crippen LogP contribution is 2.14. The van der Waals surface area contributed by atoms with E-state index in [1.54, 1.807) is 4.90 Å². The number of nitrogens with one attached hydrogen (secondary N) is 1. The van der Waals surface area contributed by atoms with E-state index in [1.807, 2.05) is 20.8 Å². The second-order valence-electron chi connectivity index (χ2n) is 6.35. The van der Waals surface area contributed by atoms with Crippen molar-refractivity contribution >= 4 is 11.9 Å². The van der Waals surface area contributed by atoms with Gasteiger partial charge in [0.05, 0.1) is 25.2 Å². The Hall–Kier alpha value is -1.30. The largest absolute Gasteiger partial charge is 0.444 e. The van der Waals surface area contributed by atoms with Gasteiger partial charge in [-0.2, -0.15) is 0 Å². The lowest BCUT2D eigenvalue weighted by atomic mass is 10.1. The summed E-state index contributed by atoms with van der Waals surface area (Å²) in [4.78, 5) is 18.2. The first-order valence-corrected chi connectivity index (χ1v) is 7.24. The molecule has 0 aromatic heterocycles. The lowest BCUT2D eigenvalue weighted by Crippen LogP contribution is -2.50. The molecule has 1 fully saturated rings. The molecule has 20 heavy (non-hydrogen) atoms. The van der Waals surface area contributed by atoms with Gasteiger partial charge < -0.3 is 14.8 Å². The second-order valence-corrected chi connectivity index (χ2v) is 6.35. The highest BCUT2D eigenvalue weighted by atomic mass is 16.6. The number of rotatable bonds is 1. The van der Waals surface area contributed by atoms with Crippen LogP contribution in [-0.4, -0.2) is 60.8 Å². The Morgan fingerprint density at radius 3 is 2.85 bits per heavy atom. The third-order valence-electron chi connectivity index (χ3n) is 3.39. The molecule has 1 amide bonds. The van der Waals surface area contributed by atoms with E-state index in [4.69, 9.17) is 9.47 Å². The molecule has 0 radical (unpaired) electrons. The van der Waals surface area contributed by atoms with Gasteiger partial charge in [-0.05, 0) is 34.1 Å². The molecule has 114 valence electrons. The molecule has 0 aromatic carbocycles. The molecule has 6 nitrogen and oxygen atoms in total. The van der Waals surface area contributed by atoms with Gasteiger partial charge >= 0.3 is 6.09 Å². The zero-order valence-corrected chi connectivity index (χ0v) is 12.8. The maximum absolute atomic E-state index is 12.1. The van der Waals surface area contributed by atoms with E-state index in [0.717, 1.165) is 18.9 Å². The molecule has 2 aliphatic heterocycles. The number of amides is 1. The standard InChI is InChI=1S/C14H25N3O3/c1-10-11(5-8-19-10)16-12-9-17(7-6-15-12)13(18)20-14(2,3)4/h10-11H,5-9H2,1-4H3,(H,15,16). The van der Waals surface area contributed by atoms with Gasteiger partial charge in [-0.25, -0.2) is 4.79 Å². The number of ether oxygens (including phenoxy) is 2. The minimum atomic E-state index is -0.465. The molecule has 0 saturated carbocycles. The highest BCUT2D eigenvalue weighted by Gasteiger charge is 2.29. The summed E-state index contributed by atoms with van der Waals surface area (Å²) in [6.07, 6.45) is 0.893.